The van der Waals surface area contributed by atoms with Crippen LogP contribution in [0.4, 0.5) is 0 Å². The SMILES string of the molecule is O=P([O-])([O-])OP(=O)([O-])[O-].[Ca+2].[Cd+2]. The first-order chi connectivity index (χ1) is 3.71. The second kappa shape index (κ2) is 6.83. The largest absolute Gasteiger partial charge is 2.00 e. The topological polar surface area (TPSA) is 136 Å². The van der Waals surface area contributed by atoms with Gasteiger partial charge in [0, 0.05) is 0 Å². The van der Waals surface area contributed by atoms with E-state index in [-0.39, 0.29) is 65.0 Å². The van der Waals surface area contributed by atoms with Crippen molar-refractivity contribution in [2.24, 2.45) is 0 Å². The first-order valence-corrected chi connectivity index (χ1v) is 4.38. The van der Waals surface area contributed by atoms with Crippen LogP contribution in [0.25, 0.3) is 0 Å². The summed E-state index contributed by atoms with van der Waals surface area (Å²) in [6.45, 7) is 0. The van der Waals surface area contributed by atoms with Gasteiger partial charge < -0.3 is 33.0 Å². The second-order valence-electron chi connectivity index (χ2n) is 0.976. The molecule has 0 amide bonds. The number of rotatable bonds is 2. The van der Waals surface area contributed by atoms with E-state index in [1.807, 2.05) is 0 Å². The molecular weight excluding hydrogens is 326 g/mol. The molecule has 0 bridgehead atoms. The van der Waals surface area contributed by atoms with Gasteiger partial charge in [-0.2, -0.15) is 0 Å². The van der Waals surface area contributed by atoms with Crippen molar-refractivity contribution in [1.29, 1.82) is 0 Å². The van der Waals surface area contributed by atoms with Crippen LogP contribution in [-0.2, 0) is 40.7 Å². The molecule has 0 rings (SSSR count). The molecule has 0 N–H and O–H groups in total. The zero-order chi connectivity index (χ0) is 7.71. The summed E-state index contributed by atoms with van der Waals surface area (Å²) in [6.07, 6.45) is 0. The zero-order valence-electron chi connectivity index (χ0n) is 5.17. The van der Waals surface area contributed by atoms with E-state index >= 15 is 0 Å². The quantitative estimate of drug-likeness (QED) is 0.376. The zero-order valence-corrected chi connectivity index (χ0v) is 13.2. The van der Waals surface area contributed by atoms with Crippen LogP contribution in [0.2, 0.25) is 0 Å². The summed E-state index contributed by atoms with van der Waals surface area (Å²) in [4.78, 5) is 37.3. The van der Waals surface area contributed by atoms with Crippen LogP contribution in [0.15, 0.2) is 0 Å². The molecule has 0 aliphatic carbocycles. The van der Waals surface area contributed by atoms with Crippen LogP contribution in [-0.4, -0.2) is 37.7 Å². The van der Waals surface area contributed by atoms with Gasteiger partial charge in [-0.05, 0) is 0 Å². The molecule has 0 unspecified atom stereocenters. The van der Waals surface area contributed by atoms with E-state index in [9.17, 15) is 28.7 Å². The smallest absolute Gasteiger partial charge is 0.790 e. The van der Waals surface area contributed by atoms with E-state index < -0.39 is 15.6 Å². The molecular formula is CaCdO7P2. The van der Waals surface area contributed by atoms with Crippen molar-refractivity contribution in [1.82, 2.24) is 0 Å². The van der Waals surface area contributed by atoms with Crippen LogP contribution in [0.1, 0.15) is 0 Å². The summed E-state index contributed by atoms with van der Waals surface area (Å²) in [6, 6.07) is 0. The summed E-state index contributed by atoms with van der Waals surface area (Å²) >= 11 is 0. The van der Waals surface area contributed by atoms with Gasteiger partial charge >= 0.3 is 65.0 Å². The molecule has 0 saturated carbocycles. The van der Waals surface area contributed by atoms with Crippen LogP contribution >= 0.6 is 15.6 Å². The second-order valence-corrected chi connectivity index (χ2v) is 3.42. The van der Waals surface area contributed by atoms with Crippen molar-refractivity contribution < 1.29 is 60.3 Å². The van der Waals surface area contributed by atoms with E-state index in [4.69, 9.17) is 0 Å². The molecule has 0 heterocycles. The minimum atomic E-state index is -5.68. The van der Waals surface area contributed by atoms with Gasteiger partial charge in [-0.25, -0.2) is 0 Å². The van der Waals surface area contributed by atoms with Crippen molar-refractivity contribution in [2.75, 3.05) is 0 Å². The Morgan fingerprint density at radius 3 is 1.09 bits per heavy atom. The monoisotopic (exact) mass is 328 g/mol. The predicted octanol–water partition coefficient (Wildman–Crippen LogP) is -3.72. The van der Waals surface area contributed by atoms with Gasteiger partial charge in [-0.1, -0.05) is 0 Å². The van der Waals surface area contributed by atoms with Crippen molar-refractivity contribution in [3.63, 3.8) is 0 Å². The van der Waals surface area contributed by atoms with Gasteiger partial charge in [0.1, 0.15) is 0 Å². The molecule has 0 aromatic carbocycles. The molecule has 11 heteroatoms. The molecule has 0 spiro atoms. The summed E-state index contributed by atoms with van der Waals surface area (Å²) in [5.41, 5.74) is 0. The van der Waals surface area contributed by atoms with E-state index in [2.05, 4.69) is 4.31 Å². The van der Waals surface area contributed by atoms with Gasteiger partial charge in [-0.3, -0.25) is 0 Å². The molecule has 0 radical (unpaired) electrons. The summed E-state index contributed by atoms with van der Waals surface area (Å²) in [5.74, 6) is 0. The fourth-order valence-corrected chi connectivity index (χ4v) is 1.10. The molecule has 0 saturated heterocycles. The normalized spacial score (nSPS) is 11.3. The maximum Gasteiger partial charge on any atom is 2.00 e. The Morgan fingerprint density at radius 2 is 1.09 bits per heavy atom. The Hall–Kier alpha value is 2.44. The molecule has 11 heavy (non-hydrogen) atoms. The third-order valence-corrected chi connectivity index (χ3v) is 1.80. The van der Waals surface area contributed by atoms with Gasteiger partial charge in [-0.15, -0.1) is 0 Å². The molecule has 0 fully saturated rings. The third kappa shape index (κ3) is 19.0. The number of phosphoric acid groups is 2. The van der Waals surface area contributed by atoms with Gasteiger partial charge in [0.15, 0.2) is 0 Å². The standard InChI is InChI=1S/Ca.Cd.H4O7P2/c;;1-8(2,3)7-9(4,5)6/h;;(H2,1,2,3)(H2,4,5,6)/q2*+2;/p-4. The first kappa shape index (κ1) is 19.1. The van der Waals surface area contributed by atoms with Crippen molar-refractivity contribution in [3.05, 3.63) is 0 Å². The van der Waals surface area contributed by atoms with Crippen LogP contribution in [0.3, 0.4) is 0 Å². The molecule has 0 aromatic rings. The van der Waals surface area contributed by atoms with Crippen LogP contribution in [0, 0.1) is 0 Å². The van der Waals surface area contributed by atoms with E-state index in [0.29, 0.717) is 0 Å². The van der Waals surface area contributed by atoms with E-state index in [1.54, 1.807) is 0 Å². The van der Waals surface area contributed by atoms with E-state index in [0.717, 1.165) is 0 Å². The van der Waals surface area contributed by atoms with Gasteiger partial charge in [0.05, 0.1) is 15.6 Å². The molecule has 0 aliphatic rings. The molecule has 7 nitrogen and oxygen atoms in total. The summed E-state index contributed by atoms with van der Waals surface area (Å²) in [5, 5.41) is 0. The Kier molecular flexibility index (Phi) is 11.9. The maximum absolute atomic E-state index is 9.32. The minimum Gasteiger partial charge on any atom is -0.790 e. The van der Waals surface area contributed by atoms with Crippen molar-refractivity contribution in [2.45, 2.75) is 0 Å². The first-order valence-electron chi connectivity index (χ1n) is 1.46. The number of hydrogen-bond donors (Lipinski definition) is 0. The van der Waals surface area contributed by atoms with Crippen molar-refractivity contribution >= 4 is 53.4 Å². The molecule has 0 aromatic heterocycles. The molecule has 0 atom stereocenters. The Bertz CT molecular complexity index is 157. The third-order valence-electron chi connectivity index (χ3n) is 0.200. The summed E-state index contributed by atoms with van der Waals surface area (Å²) in [7, 11) is -11.4. The van der Waals surface area contributed by atoms with Crippen LogP contribution < -0.4 is 19.6 Å². The average Bonchev–Trinajstić information content (AvgIpc) is 1.14. The summed E-state index contributed by atoms with van der Waals surface area (Å²) < 4.78 is 21.2. The van der Waals surface area contributed by atoms with E-state index in [1.165, 1.54) is 0 Å². The van der Waals surface area contributed by atoms with Crippen molar-refractivity contribution in [3.8, 4) is 0 Å². The maximum atomic E-state index is 9.32. The fraction of sp³-hybridized carbons (Fsp3) is 0. The van der Waals surface area contributed by atoms with Gasteiger partial charge in [0.2, 0.25) is 0 Å². The van der Waals surface area contributed by atoms with Gasteiger partial charge in [0.25, 0.3) is 0 Å². The average molecular weight is 326 g/mol. The minimum absolute atomic E-state index is 0. The Labute approximate surface area is 112 Å². The van der Waals surface area contributed by atoms with Crippen LogP contribution in [0.5, 0.6) is 0 Å². The predicted molar refractivity (Wildman–Crippen MR) is 22.1 cm³/mol. The Morgan fingerprint density at radius 1 is 0.909 bits per heavy atom. The fourth-order valence-electron chi connectivity index (χ4n) is 0.122. The number of hydrogen-bond acceptors (Lipinski definition) is 7. The molecule has 0 aliphatic heterocycles. The molecule has 56 valence electrons. The Balaban J connectivity index is -0.000000320.